The molecule has 4 nitrogen and oxygen atoms in total. The van der Waals surface area contributed by atoms with Crippen molar-refractivity contribution >= 4 is 10.9 Å². The van der Waals surface area contributed by atoms with E-state index < -0.39 is 0 Å². The van der Waals surface area contributed by atoms with Crippen molar-refractivity contribution < 1.29 is 5.11 Å². The number of para-hydroxylation sites is 1. The standard InChI is InChI=1S/C25H39N3O/c1-18(2)19-7-9-21(10-8-19)28-24-6-4-3-5-22(24)23(17-27-15-16-29)25(28)20-11-13-26-14-12-20/h3-6,18-21,26-27,29H,7-17H2,1-2H3. The van der Waals surface area contributed by atoms with Gasteiger partial charge in [-0.05, 0) is 75.1 Å². The number of piperidine rings is 1. The molecule has 0 amide bonds. The van der Waals surface area contributed by atoms with Crippen molar-refractivity contribution in [1.82, 2.24) is 15.2 Å². The lowest BCUT2D eigenvalue weighted by molar-refractivity contribution is 0.224. The highest BCUT2D eigenvalue weighted by Crippen LogP contribution is 2.43. The van der Waals surface area contributed by atoms with Gasteiger partial charge in [0.2, 0.25) is 0 Å². The summed E-state index contributed by atoms with van der Waals surface area (Å²) in [6, 6.07) is 9.67. The number of benzene rings is 1. The van der Waals surface area contributed by atoms with E-state index in [0.717, 1.165) is 31.5 Å². The fraction of sp³-hybridized carbons (Fsp3) is 0.680. The second kappa shape index (κ2) is 9.63. The number of aliphatic hydroxyl groups is 1. The minimum atomic E-state index is 0.195. The van der Waals surface area contributed by atoms with E-state index in [2.05, 4.69) is 53.3 Å². The van der Waals surface area contributed by atoms with Gasteiger partial charge in [-0.25, -0.2) is 0 Å². The fourth-order valence-corrected chi connectivity index (χ4v) is 5.79. The predicted octanol–water partition coefficient (Wildman–Crippen LogP) is 4.58. The molecule has 3 N–H and O–H groups in total. The molecule has 2 aliphatic rings. The van der Waals surface area contributed by atoms with Gasteiger partial charge < -0.3 is 20.3 Å². The topological polar surface area (TPSA) is 49.2 Å². The Kier molecular flexibility index (Phi) is 6.94. The van der Waals surface area contributed by atoms with Crippen LogP contribution in [0.1, 0.15) is 75.6 Å². The van der Waals surface area contributed by atoms with E-state index in [1.165, 1.54) is 55.0 Å². The summed E-state index contributed by atoms with van der Waals surface area (Å²) >= 11 is 0. The maximum absolute atomic E-state index is 9.28. The molecule has 0 unspecified atom stereocenters. The zero-order valence-corrected chi connectivity index (χ0v) is 18.3. The van der Waals surface area contributed by atoms with Gasteiger partial charge >= 0.3 is 0 Å². The number of aliphatic hydroxyl groups excluding tert-OH is 1. The summed E-state index contributed by atoms with van der Waals surface area (Å²) in [6.45, 7) is 8.73. The fourth-order valence-electron chi connectivity index (χ4n) is 5.79. The van der Waals surface area contributed by atoms with Gasteiger partial charge in [0, 0.05) is 41.6 Å². The van der Waals surface area contributed by atoms with Crippen LogP contribution in [-0.4, -0.2) is 35.9 Å². The number of nitrogens with one attached hydrogen (secondary N) is 2. The third-order valence-corrected chi connectivity index (χ3v) is 7.42. The van der Waals surface area contributed by atoms with E-state index in [4.69, 9.17) is 0 Å². The molecule has 1 aromatic heterocycles. The summed E-state index contributed by atoms with van der Waals surface area (Å²) in [5.74, 6) is 2.33. The summed E-state index contributed by atoms with van der Waals surface area (Å²) in [5.41, 5.74) is 4.49. The Labute approximate surface area is 176 Å². The molecular formula is C25H39N3O. The van der Waals surface area contributed by atoms with Crippen LogP contribution >= 0.6 is 0 Å². The van der Waals surface area contributed by atoms with Crippen LogP contribution in [0, 0.1) is 11.8 Å². The maximum Gasteiger partial charge on any atom is 0.0556 e. The van der Waals surface area contributed by atoms with Gasteiger partial charge in [0.05, 0.1) is 6.61 Å². The van der Waals surface area contributed by atoms with Crippen molar-refractivity contribution in [3.63, 3.8) is 0 Å². The lowest BCUT2D eigenvalue weighted by Gasteiger charge is -2.35. The quantitative estimate of drug-likeness (QED) is 0.600. The minimum absolute atomic E-state index is 0.195. The number of fused-ring (bicyclic) bond motifs is 1. The molecule has 2 heterocycles. The molecule has 0 atom stereocenters. The molecule has 4 heteroatoms. The Morgan fingerprint density at radius 2 is 1.79 bits per heavy atom. The van der Waals surface area contributed by atoms with Crippen LogP contribution in [0.25, 0.3) is 10.9 Å². The first kappa shape index (κ1) is 20.9. The van der Waals surface area contributed by atoms with Crippen molar-refractivity contribution in [3.05, 3.63) is 35.5 Å². The highest BCUT2D eigenvalue weighted by Gasteiger charge is 2.31. The first-order chi connectivity index (χ1) is 14.2. The van der Waals surface area contributed by atoms with Crippen LogP contribution in [-0.2, 0) is 6.54 Å². The van der Waals surface area contributed by atoms with Crippen molar-refractivity contribution in [3.8, 4) is 0 Å². The Balaban J connectivity index is 1.75. The molecule has 1 aromatic carbocycles. The molecule has 1 saturated carbocycles. The molecule has 1 aliphatic heterocycles. The van der Waals surface area contributed by atoms with Crippen LogP contribution in [0.3, 0.4) is 0 Å². The number of aromatic nitrogens is 1. The molecular weight excluding hydrogens is 358 g/mol. The summed E-state index contributed by atoms with van der Waals surface area (Å²) < 4.78 is 2.76. The van der Waals surface area contributed by atoms with E-state index in [1.807, 2.05) is 0 Å². The molecule has 2 fully saturated rings. The molecule has 1 aliphatic carbocycles. The molecule has 0 spiro atoms. The highest BCUT2D eigenvalue weighted by atomic mass is 16.3. The van der Waals surface area contributed by atoms with Gasteiger partial charge in [-0.3, -0.25) is 0 Å². The average Bonchev–Trinajstić information content (AvgIpc) is 3.09. The zero-order valence-electron chi connectivity index (χ0n) is 18.3. The van der Waals surface area contributed by atoms with Crippen LogP contribution in [0.5, 0.6) is 0 Å². The summed E-state index contributed by atoms with van der Waals surface area (Å²) in [7, 11) is 0. The third-order valence-electron chi connectivity index (χ3n) is 7.42. The highest BCUT2D eigenvalue weighted by molar-refractivity contribution is 5.86. The number of rotatable bonds is 7. The van der Waals surface area contributed by atoms with Gasteiger partial charge in [0.25, 0.3) is 0 Å². The van der Waals surface area contributed by atoms with Gasteiger partial charge in [-0.1, -0.05) is 32.0 Å². The van der Waals surface area contributed by atoms with Gasteiger partial charge in [-0.15, -0.1) is 0 Å². The predicted molar refractivity (Wildman–Crippen MR) is 121 cm³/mol. The van der Waals surface area contributed by atoms with Crippen LogP contribution in [0.15, 0.2) is 24.3 Å². The summed E-state index contributed by atoms with van der Waals surface area (Å²) in [5, 5.41) is 17.7. The van der Waals surface area contributed by atoms with Crippen molar-refractivity contribution in [2.75, 3.05) is 26.2 Å². The molecule has 4 rings (SSSR count). The van der Waals surface area contributed by atoms with E-state index >= 15 is 0 Å². The zero-order chi connectivity index (χ0) is 20.2. The smallest absolute Gasteiger partial charge is 0.0556 e. The van der Waals surface area contributed by atoms with Crippen LogP contribution in [0.4, 0.5) is 0 Å². The number of hydrogen-bond acceptors (Lipinski definition) is 3. The van der Waals surface area contributed by atoms with E-state index in [9.17, 15) is 5.11 Å². The first-order valence-corrected chi connectivity index (χ1v) is 11.8. The van der Waals surface area contributed by atoms with Crippen molar-refractivity contribution in [2.24, 2.45) is 11.8 Å². The summed E-state index contributed by atoms with van der Waals surface area (Å²) in [6.07, 6.45) is 7.79. The van der Waals surface area contributed by atoms with E-state index in [1.54, 1.807) is 5.69 Å². The van der Waals surface area contributed by atoms with Crippen molar-refractivity contribution in [2.45, 2.75) is 70.9 Å². The third kappa shape index (κ3) is 4.40. The lowest BCUT2D eigenvalue weighted by atomic mass is 9.79. The molecule has 0 bridgehead atoms. The maximum atomic E-state index is 9.28. The monoisotopic (exact) mass is 397 g/mol. The van der Waals surface area contributed by atoms with Gasteiger partial charge in [-0.2, -0.15) is 0 Å². The second-order valence-electron chi connectivity index (χ2n) is 9.49. The number of hydrogen-bond donors (Lipinski definition) is 3. The van der Waals surface area contributed by atoms with Crippen LogP contribution in [0.2, 0.25) is 0 Å². The van der Waals surface area contributed by atoms with E-state index in [-0.39, 0.29) is 6.61 Å². The van der Waals surface area contributed by atoms with Gasteiger partial charge in [0.15, 0.2) is 0 Å². The largest absolute Gasteiger partial charge is 0.395 e. The molecule has 160 valence electrons. The summed E-state index contributed by atoms with van der Waals surface area (Å²) in [4.78, 5) is 0. The van der Waals surface area contributed by atoms with Gasteiger partial charge in [0.1, 0.15) is 0 Å². The molecule has 1 saturated heterocycles. The Morgan fingerprint density at radius 3 is 2.48 bits per heavy atom. The first-order valence-electron chi connectivity index (χ1n) is 11.8. The normalized spacial score (nSPS) is 23.9. The minimum Gasteiger partial charge on any atom is -0.395 e. The Morgan fingerprint density at radius 1 is 1.07 bits per heavy atom. The van der Waals surface area contributed by atoms with E-state index in [0.29, 0.717) is 18.5 Å². The molecule has 0 radical (unpaired) electrons. The Hall–Kier alpha value is -1.36. The molecule has 29 heavy (non-hydrogen) atoms. The molecule has 2 aromatic rings. The average molecular weight is 398 g/mol. The van der Waals surface area contributed by atoms with Crippen LogP contribution < -0.4 is 10.6 Å². The second-order valence-corrected chi connectivity index (χ2v) is 9.49. The lowest BCUT2D eigenvalue weighted by Crippen LogP contribution is -2.30. The Bertz CT molecular complexity index is 783. The van der Waals surface area contributed by atoms with Crippen molar-refractivity contribution in [1.29, 1.82) is 0 Å². The SMILES string of the molecule is CC(C)C1CCC(n2c(C3CCNCC3)c(CNCCO)c3ccccc32)CC1. The number of nitrogens with zero attached hydrogens (tertiary/aromatic N) is 1.